The molecule has 0 saturated carbocycles. The molecule has 5 heteroatoms. The first kappa shape index (κ1) is 11.9. The van der Waals surface area contributed by atoms with Crippen molar-refractivity contribution in [3.05, 3.63) is 35.4 Å². The van der Waals surface area contributed by atoms with Crippen LogP contribution in [0.2, 0.25) is 0 Å². The molecule has 1 N–H and O–H groups in total. The van der Waals surface area contributed by atoms with Crippen LogP contribution in [0.3, 0.4) is 0 Å². The van der Waals surface area contributed by atoms with Crippen LogP contribution in [0.5, 0.6) is 0 Å². The lowest BCUT2D eigenvalue weighted by atomic mass is 10.1. The zero-order valence-electron chi connectivity index (χ0n) is 10.5. The highest BCUT2D eigenvalue weighted by atomic mass is 16.6. The number of aryl methyl sites for hydroxylation is 1. The van der Waals surface area contributed by atoms with E-state index in [4.69, 9.17) is 0 Å². The lowest BCUT2D eigenvalue weighted by Gasteiger charge is -2.11. The maximum absolute atomic E-state index is 4.69. The van der Waals surface area contributed by atoms with Crippen molar-refractivity contribution in [2.45, 2.75) is 32.9 Å². The fourth-order valence-electron chi connectivity index (χ4n) is 1.94. The Labute approximate surface area is 101 Å². The Hall–Kier alpha value is -1.62. The monoisotopic (exact) mass is 234 g/mol. The van der Waals surface area contributed by atoms with Crippen LogP contribution in [-0.2, 0) is 6.54 Å². The standard InChI is InChI=1S/C12H18N4O/c1-4-11(13-3)10-5-6-16(7-10)8-12-9(2)14-17-15-12/h5-7,11,13H,4,8H2,1-3H3. The third-order valence-electron chi connectivity index (χ3n) is 3.01. The summed E-state index contributed by atoms with van der Waals surface area (Å²) >= 11 is 0. The van der Waals surface area contributed by atoms with E-state index >= 15 is 0 Å². The second-order valence-corrected chi connectivity index (χ2v) is 4.16. The average Bonchev–Trinajstić information content (AvgIpc) is 2.92. The van der Waals surface area contributed by atoms with E-state index in [1.165, 1.54) is 5.56 Å². The number of nitrogens with one attached hydrogen (secondary N) is 1. The van der Waals surface area contributed by atoms with Gasteiger partial charge in [-0.05, 0) is 32.0 Å². The molecule has 2 aromatic heterocycles. The Bertz CT molecular complexity index is 470. The van der Waals surface area contributed by atoms with E-state index in [-0.39, 0.29) is 0 Å². The zero-order chi connectivity index (χ0) is 12.3. The van der Waals surface area contributed by atoms with Gasteiger partial charge < -0.3 is 9.88 Å². The normalized spacial score (nSPS) is 12.9. The number of hydrogen-bond acceptors (Lipinski definition) is 4. The van der Waals surface area contributed by atoms with Crippen LogP contribution in [0.25, 0.3) is 0 Å². The van der Waals surface area contributed by atoms with Crippen LogP contribution < -0.4 is 5.32 Å². The SMILES string of the molecule is CCC(NC)c1ccn(Cc2nonc2C)c1. The highest BCUT2D eigenvalue weighted by molar-refractivity contribution is 5.17. The molecule has 2 aromatic rings. The third-order valence-corrected chi connectivity index (χ3v) is 3.01. The van der Waals surface area contributed by atoms with Gasteiger partial charge >= 0.3 is 0 Å². The van der Waals surface area contributed by atoms with Gasteiger partial charge in [-0.2, -0.15) is 0 Å². The second kappa shape index (κ2) is 5.14. The lowest BCUT2D eigenvalue weighted by Crippen LogP contribution is -2.14. The van der Waals surface area contributed by atoms with Crippen LogP contribution in [0.4, 0.5) is 0 Å². The Balaban J connectivity index is 2.11. The average molecular weight is 234 g/mol. The quantitative estimate of drug-likeness (QED) is 0.858. The van der Waals surface area contributed by atoms with Crippen molar-refractivity contribution in [1.82, 2.24) is 20.2 Å². The van der Waals surface area contributed by atoms with Gasteiger partial charge in [-0.25, -0.2) is 4.63 Å². The first-order valence-electron chi connectivity index (χ1n) is 5.85. The lowest BCUT2D eigenvalue weighted by molar-refractivity contribution is 0.300. The van der Waals surface area contributed by atoms with Gasteiger partial charge in [0.25, 0.3) is 0 Å². The van der Waals surface area contributed by atoms with Crippen LogP contribution in [-0.4, -0.2) is 21.9 Å². The molecule has 0 amide bonds. The molecule has 0 fully saturated rings. The smallest absolute Gasteiger partial charge is 0.127 e. The summed E-state index contributed by atoms with van der Waals surface area (Å²) in [5, 5.41) is 10.9. The van der Waals surface area contributed by atoms with E-state index in [2.05, 4.69) is 50.2 Å². The van der Waals surface area contributed by atoms with Gasteiger partial charge in [0, 0.05) is 18.4 Å². The van der Waals surface area contributed by atoms with Crippen LogP contribution in [0.15, 0.2) is 23.1 Å². The summed E-state index contributed by atoms with van der Waals surface area (Å²) in [6.07, 6.45) is 5.27. The molecular formula is C12H18N4O. The maximum Gasteiger partial charge on any atom is 0.127 e. The molecule has 0 aromatic carbocycles. The molecule has 0 spiro atoms. The van der Waals surface area contributed by atoms with Gasteiger partial charge in [0.05, 0.1) is 6.54 Å². The van der Waals surface area contributed by atoms with Crippen molar-refractivity contribution < 1.29 is 4.63 Å². The van der Waals surface area contributed by atoms with Crippen molar-refractivity contribution >= 4 is 0 Å². The number of aromatic nitrogens is 3. The summed E-state index contributed by atoms with van der Waals surface area (Å²) in [4.78, 5) is 0. The first-order chi connectivity index (χ1) is 8.24. The van der Waals surface area contributed by atoms with Crippen LogP contribution in [0, 0.1) is 6.92 Å². The van der Waals surface area contributed by atoms with Gasteiger partial charge in [0.15, 0.2) is 0 Å². The van der Waals surface area contributed by atoms with Gasteiger partial charge in [0.1, 0.15) is 11.4 Å². The van der Waals surface area contributed by atoms with E-state index in [1.54, 1.807) is 0 Å². The fraction of sp³-hybridized carbons (Fsp3) is 0.500. The Morgan fingerprint density at radius 3 is 2.88 bits per heavy atom. The summed E-state index contributed by atoms with van der Waals surface area (Å²) < 4.78 is 6.79. The van der Waals surface area contributed by atoms with Crippen LogP contribution >= 0.6 is 0 Å². The molecule has 2 heterocycles. The molecule has 0 saturated heterocycles. The van der Waals surface area contributed by atoms with Crippen molar-refractivity contribution in [2.24, 2.45) is 0 Å². The molecule has 0 bridgehead atoms. The van der Waals surface area contributed by atoms with Crippen molar-refractivity contribution in [3.63, 3.8) is 0 Å². The minimum absolute atomic E-state index is 0.410. The van der Waals surface area contributed by atoms with Crippen molar-refractivity contribution in [1.29, 1.82) is 0 Å². The minimum Gasteiger partial charge on any atom is -0.348 e. The predicted octanol–water partition coefficient (Wildman–Crippen LogP) is 1.90. The molecule has 17 heavy (non-hydrogen) atoms. The van der Waals surface area contributed by atoms with E-state index < -0.39 is 0 Å². The molecule has 1 unspecified atom stereocenters. The van der Waals surface area contributed by atoms with Crippen molar-refractivity contribution in [2.75, 3.05) is 7.05 Å². The summed E-state index contributed by atoms with van der Waals surface area (Å²) in [5.74, 6) is 0. The Morgan fingerprint density at radius 1 is 1.47 bits per heavy atom. The molecule has 0 aliphatic carbocycles. The Morgan fingerprint density at radius 2 is 2.29 bits per heavy atom. The van der Waals surface area contributed by atoms with Gasteiger partial charge in [-0.1, -0.05) is 17.2 Å². The molecule has 5 nitrogen and oxygen atoms in total. The number of nitrogens with zero attached hydrogens (tertiary/aromatic N) is 3. The summed E-state index contributed by atoms with van der Waals surface area (Å²) in [5.41, 5.74) is 3.02. The molecule has 0 aliphatic rings. The second-order valence-electron chi connectivity index (χ2n) is 4.16. The summed E-state index contributed by atoms with van der Waals surface area (Å²) in [6, 6.07) is 2.54. The minimum atomic E-state index is 0.410. The number of hydrogen-bond donors (Lipinski definition) is 1. The largest absolute Gasteiger partial charge is 0.348 e. The van der Waals surface area contributed by atoms with Gasteiger partial charge in [-0.3, -0.25) is 0 Å². The third kappa shape index (κ3) is 2.55. The molecule has 0 radical (unpaired) electrons. The summed E-state index contributed by atoms with van der Waals surface area (Å²) in [7, 11) is 1.98. The summed E-state index contributed by atoms with van der Waals surface area (Å²) in [6.45, 7) is 4.78. The molecule has 0 aliphatic heterocycles. The molecule has 1 atom stereocenters. The van der Waals surface area contributed by atoms with Gasteiger partial charge in [-0.15, -0.1) is 0 Å². The maximum atomic E-state index is 4.69. The molecule has 92 valence electrons. The van der Waals surface area contributed by atoms with Crippen LogP contribution in [0.1, 0.15) is 36.3 Å². The van der Waals surface area contributed by atoms with E-state index in [0.717, 1.165) is 17.8 Å². The first-order valence-corrected chi connectivity index (χ1v) is 5.85. The molecule has 2 rings (SSSR count). The van der Waals surface area contributed by atoms with Gasteiger partial charge in [0.2, 0.25) is 0 Å². The molecular weight excluding hydrogens is 216 g/mol. The number of rotatable bonds is 5. The van der Waals surface area contributed by atoms with E-state index in [1.807, 2.05) is 14.0 Å². The highest BCUT2D eigenvalue weighted by Crippen LogP contribution is 2.17. The van der Waals surface area contributed by atoms with E-state index in [0.29, 0.717) is 12.6 Å². The zero-order valence-corrected chi connectivity index (χ0v) is 10.5. The topological polar surface area (TPSA) is 55.9 Å². The van der Waals surface area contributed by atoms with Crippen molar-refractivity contribution in [3.8, 4) is 0 Å². The Kier molecular flexibility index (Phi) is 3.58. The van der Waals surface area contributed by atoms with E-state index in [9.17, 15) is 0 Å². The predicted molar refractivity (Wildman–Crippen MR) is 64.7 cm³/mol. The highest BCUT2D eigenvalue weighted by Gasteiger charge is 2.10. The fourth-order valence-corrected chi connectivity index (χ4v) is 1.94.